The maximum atomic E-state index is 10.7. The first kappa shape index (κ1) is 13.0. The summed E-state index contributed by atoms with van der Waals surface area (Å²) in [6.45, 7) is 1.82. The first-order chi connectivity index (χ1) is 7.52. The van der Waals surface area contributed by atoms with Crippen molar-refractivity contribution >= 4 is 12.3 Å². The summed E-state index contributed by atoms with van der Waals surface area (Å²) in [5, 5.41) is 27.9. The van der Waals surface area contributed by atoms with Gasteiger partial charge in [-0.1, -0.05) is 0 Å². The summed E-state index contributed by atoms with van der Waals surface area (Å²) in [5.74, 6) is -2.64. The lowest BCUT2D eigenvalue weighted by atomic mass is 9.90. The lowest BCUT2D eigenvalue weighted by Gasteiger charge is -2.38. The van der Waals surface area contributed by atoms with Crippen molar-refractivity contribution in [2.45, 2.75) is 31.5 Å². The number of carbonyl (C=O) groups excluding carboxylic acids is 1. The fourth-order valence-corrected chi connectivity index (χ4v) is 1.56. The summed E-state index contributed by atoms with van der Waals surface area (Å²) in [6.07, 6.45) is -5.44. The van der Waals surface area contributed by atoms with Crippen LogP contribution in [0.1, 0.15) is 6.92 Å². The monoisotopic (exact) mass is 234 g/mol. The predicted octanol–water partition coefficient (Wildman–Crippen LogP) is -1.63. The molecule has 1 heterocycles. The minimum absolute atomic E-state index is 0.190. The van der Waals surface area contributed by atoms with Crippen LogP contribution in [0.25, 0.3) is 0 Å². The Hall–Kier alpha value is -1.02. The summed E-state index contributed by atoms with van der Waals surface area (Å²) in [7, 11) is 0. The van der Waals surface area contributed by atoms with Gasteiger partial charge >= 0.3 is 5.97 Å². The minimum atomic E-state index is -1.58. The fraction of sp³-hybridized carbons (Fsp3) is 0.778. The Balaban J connectivity index is 2.85. The van der Waals surface area contributed by atoms with Gasteiger partial charge in [-0.05, 0) is 6.92 Å². The quantitative estimate of drug-likeness (QED) is 0.500. The lowest BCUT2D eigenvalue weighted by Crippen LogP contribution is -2.57. The maximum Gasteiger partial charge on any atom is 0.335 e. The number of aliphatic hydroxyl groups excluding tert-OH is 2. The topological polar surface area (TPSA) is 113 Å². The molecular formula is C9H14O7. The molecule has 0 aromatic carbocycles. The van der Waals surface area contributed by atoms with E-state index in [4.69, 9.17) is 14.6 Å². The predicted molar refractivity (Wildman–Crippen MR) is 49.5 cm³/mol. The molecule has 0 aromatic heterocycles. The molecule has 1 aliphatic heterocycles. The molecule has 0 spiro atoms. The molecule has 0 radical (unpaired) electrons. The van der Waals surface area contributed by atoms with Crippen molar-refractivity contribution in [1.29, 1.82) is 0 Å². The van der Waals surface area contributed by atoms with E-state index in [1.807, 2.05) is 0 Å². The second-order valence-electron chi connectivity index (χ2n) is 3.41. The van der Waals surface area contributed by atoms with E-state index in [0.29, 0.717) is 6.29 Å². The molecule has 7 heteroatoms. The zero-order valence-electron chi connectivity index (χ0n) is 8.65. The number of carbonyl (C=O) groups is 2. The number of rotatable bonds is 4. The third-order valence-electron chi connectivity index (χ3n) is 2.39. The lowest BCUT2D eigenvalue weighted by molar-refractivity contribution is -0.276. The summed E-state index contributed by atoms with van der Waals surface area (Å²) in [5.41, 5.74) is 0. The number of carboxylic acids is 1. The molecule has 0 amide bonds. The Labute approximate surface area is 91.6 Å². The van der Waals surface area contributed by atoms with Crippen LogP contribution in [0.15, 0.2) is 0 Å². The van der Waals surface area contributed by atoms with Crippen molar-refractivity contribution in [3.63, 3.8) is 0 Å². The summed E-state index contributed by atoms with van der Waals surface area (Å²) in [4.78, 5) is 21.4. The Morgan fingerprint density at radius 3 is 2.50 bits per heavy atom. The summed E-state index contributed by atoms with van der Waals surface area (Å²) >= 11 is 0. The zero-order chi connectivity index (χ0) is 12.3. The van der Waals surface area contributed by atoms with Crippen molar-refractivity contribution in [2.75, 3.05) is 6.61 Å². The van der Waals surface area contributed by atoms with Gasteiger partial charge in [0.25, 0.3) is 0 Å². The molecule has 0 bridgehead atoms. The van der Waals surface area contributed by atoms with Gasteiger partial charge < -0.3 is 29.6 Å². The zero-order valence-corrected chi connectivity index (χ0v) is 8.65. The summed E-state index contributed by atoms with van der Waals surface area (Å²) < 4.78 is 9.81. The van der Waals surface area contributed by atoms with Crippen molar-refractivity contribution < 1.29 is 34.4 Å². The van der Waals surface area contributed by atoms with E-state index in [2.05, 4.69) is 0 Å². The Morgan fingerprint density at radius 2 is 2.06 bits per heavy atom. The number of aliphatic hydroxyl groups is 2. The van der Waals surface area contributed by atoms with E-state index >= 15 is 0 Å². The second-order valence-corrected chi connectivity index (χ2v) is 3.41. The van der Waals surface area contributed by atoms with E-state index in [9.17, 15) is 19.8 Å². The third kappa shape index (κ3) is 2.38. The average Bonchev–Trinajstić information content (AvgIpc) is 2.22. The highest BCUT2D eigenvalue weighted by Gasteiger charge is 2.47. The van der Waals surface area contributed by atoms with Crippen LogP contribution in [0.4, 0.5) is 0 Å². The first-order valence-electron chi connectivity index (χ1n) is 4.84. The van der Waals surface area contributed by atoms with Crippen LogP contribution in [0.3, 0.4) is 0 Å². The molecule has 0 unspecified atom stereocenters. The molecule has 0 aliphatic carbocycles. The molecule has 7 nitrogen and oxygen atoms in total. The maximum absolute atomic E-state index is 10.7. The molecule has 92 valence electrons. The molecule has 0 aromatic rings. The van der Waals surface area contributed by atoms with Gasteiger partial charge in [0.05, 0.1) is 5.92 Å². The average molecular weight is 234 g/mol. The highest BCUT2D eigenvalue weighted by molar-refractivity contribution is 5.74. The number of aldehydes is 1. The van der Waals surface area contributed by atoms with Crippen LogP contribution in [0, 0.1) is 5.92 Å². The van der Waals surface area contributed by atoms with E-state index in [1.165, 1.54) is 0 Å². The highest BCUT2D eigenvalue weighted by atomic mass is 16.7. The Bertz CT molecular complexity index is 265. The van der Waals surface area contributed by atoms with Gasteiger partial charge in [0, 0.05) is 6.61 Å². The standard InChI is InChI=1S/C9H14O7/c1-2-15-9-6(12)4(3-10)5(11)7(16-9)8(13)14/h3-7,9,11-12H,2H2,1H3,(H,13,14)/t4-,5-,6+,7-,9+/m1/s1. The normalized spacial score (nSPS) is 39.3. The van der Waals surface area contributed by atoms with Crippen LogP contribution in [-0.4, -0.2) is 58.8 Å². The number of ether oxygens (including phenoxy) is 2. The highest BCUT2D eigenvalue weighted by Crippen LogP contribution is 2.25. The van der Waals surface area contributed by atoms with Gasteiger partial charge in [-0.2, -0.15) is 0 Å². The molecule has 1 rings (SSSR count). The number of aliphatic carboxylic acids is 1. The molecule has 1 fully saturated rings. The fourth-order valence-electron chi connectivity index (χ4n) is 1.56. The van der Waals surface area contributed by atoms with Gasteiger partial charge in [0.15, 0.2) is 12.4 Å². The van der Waals surface area contributed by atoms with Crippen molar-refractivity contribution in [2.24, 2.45) is 5.92 Å². The minimum Gasteiger partial charge on any atom is -0.479 e. The molecule has 3 N–H and O–H groups in total. The van der Waals surface area contributed by atoms with E-state index < -0.39 is 36.5 Å². The van der Waals surface area contributed by atoms with Crippen LogP contribution in [0.5, 0.6) is 0 Å². The van der Waals surface area contributed by atoms with E-state index in [0.717, 1.165) is 0 Å². The van der Waals surface area contributed by atoms with Crippen molar-refractivity contribution in [3.8, 4) is 0 Å². The Kier molecular flexibility index (Phi) is 4.36. The van der Waals surface area contributed by atoms with Gasteiger partial charge in [-0.15, -0.1) is 0 Å². The number of carboxylic acid groups (broad SMARTS) is 1. The van der Waals surface area contributed by atoms with E-state index in [-0.39, 0.29) is 6.61 Å². The largest absolute Gasteiger partial charge is 0.479 e. The van der Waals surface area contributed by atoms with Gasteiger partial charge in [-0.25, -0.2) is 4.79 Å². The summed E-state index contributed by atoms with van der Waals surface area (Å²) in [6, 6.07) is 0. The Morgan fingerprint density at radius 1 is 1.44 bits per heavy atom. The van der Waals surface area contributed by atoms with E-state index in [1.54, 1.807) is 6.92 Å². The molecule has 16 heavy (non-hydrogen) atoms. The van der Waals surface area contributed by atoms with Crippen LogP contribution < -0.4 is 0 Å². The third-order valence-corrected chi connectivity index (χ3v) is 2.39. The molecule has 1 saturated heterocycles. The van der Waals surface area contributed by atoms with Crippen LogP contribution in [0.2, 0.25) is 0 Å². The second kappa shape index (κ2) is 5.35. The van der Waals surface area contributed by atoms with Crippen molar-refractivity contribution in [1.82, 2.24) is 0 Å². The van der Waals surface area contributed by atoms with Gasteiger partial charge in [0.1, 0.15) is 18.5 Å². The van der Waals surface area contributed by atoms with Gasteiger partial charge in [0.2, 0.25) is 0 Å². The molecular weight excluding hydrogens is 220 g/mol. The molecule has 5 atom stereocenters. The number of hydrogen-bond donors (Lipinski definition) is 3. The van der Waals surface area contributed by atoms with Crippen molar-refractivity contribution in [3.05, 3.63) is 0 Å². The van der Waals surface area contributed by atoms with Crippen LogP contribution >= 0.6 is 0 Å². The smallest absolute Gasteiger partial charge is 0.335 e. The van der Waals surface area contributed by atoms with Crippen LogP contribution in [-0.2, 0) is 19.1 Å². The van der Waals surface area contributed by atoms with Gasteiger partial charge in [-0.3, -0.25) is 0 Å². The first-order valence-corrected chi connectivity index (χ1v) is 4.84. The molecule has 1 aliphatic rings. The molecule has 0 saturated carbocycles. The number of hydrogen-bond acceptors (Lipinski definition) is 6. The SMILES string of the molecule is CCO[C@H]1O[C@@H](C(=O)O)[C@H](O)[C@@H](C=O)[C@@H]1O.